The van der Waals surface area contributed by atoms with Crippen LogP contribution in [-0.2, 0) is 9.47 Å². The molecule has 0 saturated carbocycles. The van der Waals surface area contributed by atoms with Gasteiger partial charge in [0.25, 0.3) is 6.43 Å². The first-order valence-corrected chi connectivity index (χ1v) is 6.85. The Bertz CT molecular complexity index is 308. The van der Waals surface area contributed by atoms with Crippen molar-refractivity contribution < 1.29 is 23.0 Å². The van der Waals surface area contributed by atoms with Crippen LogP contribution in [0.4, 0.5) is 13.6 Å². The van der Waals surface area contributed by atoms with E-state index in [1.54, 1.807) is 4.90 Å². The van der Waals surface area contributed by atoms with Crippen molar-refractivity contribution in [1.29, 1.82) is 0 Å². The predicted molar refractivity (Wildman–Crippen MR) is 71.0 cm³/mol. The van der Waals surface area contributed by atoms with Gasteiger partial charge in [0.1, 0.15) is 12.2 Å². The summed E-state index contributed by atoms with van der Waals surface area (Å²) in [5.74, 6) is 0. The van der Waals surface area contributed by atoms with Crippen LogP contribution < -0.4 is 5.32 Å². The lowest BCUT2D eigenvalue weighted by Gasteiger charge is -2.24. The first kappa shape index (κ1) is 17.1. The number of carbonyl (C=O) groups excluding carboxylic acids is 1. The fraction of sp³-hybridized carbons (Fsp3) is 0.923. The maximum Gasteiger partial charge on any atom is 0.410 e. The van der Waals surface area contributed by atoms with Gasteiger partial charge < -0.3 is 19.7 Å². The second kappa shape index (κ2) is 7.73. The van der Waals surface area contributed by atoms with Crippen LogP contribution in [0, 0.1) is 0 Å². The Morgan fingerprint density at radius 2 is 2.15 bits per heavy atom. The van der Waals surface area contributed by atoms with Gasteiger partial charge in [0.05, 0.1) is 6.61 Å². The highest BCUT2D eigenvalue weighted by Gasteiger charge is 2.29. The number of likely N-dealkylation sites (tertiary alicyclic amines) is 1. The minimum absolute atomic E-state index is 0.165. The van der Waals surface area contributed by atoms with Crippen LogP contribution >= 0.6 is 0 Å². The van der Waals surface area contributed by atoms with Crippen LogP contribution in [0.15, 0.2) is 0 Å². The SMILES string of the molecule is CC(C)(C)OC(=O)N1CCC(NCCOCC(F)F)C1. The summed E-state index contributed by atoms with van der Waals surface area (Å²) >= 11 is 0. The first-order chi connectivity index (χ1) is 9.28. The predicted octanol–water partition coefficient (Wildman–Crippen LogP) is 1.87. The lowest BCUT2D eigenvalue weighted by atomic mass is 10.2. The molecule has 1 fully saturated rings. The van der Waals surface area contributed by atoms with Crippen molar-refractivity contribution in [3.8, 4) is 0 Å². The van der Waals surface area contributed by atoms with Gasteiger partial charge in [-0.25, -0.2) is 13.6 Å². The summed E-state index contributed by atoms with van der Waals surface area (Å²) in [6, 6.07) is 0.165. The normalized spacial score (nSPS) is 19.7. The van der Waals surface area contributed by atoms with Crippen LogP contribution in [-0.4, -0.2) is 61.9 Å². The number of ether oxygens (including phenoxy) is 2. The van der Waals surface area contributed by atoms with E-state index in [4.69, 9.17) is 9.47 Å². The van der Waals surface area contributed by atoms with Crippen molar-refractivity contribution in [2.45, 2.75) is 45.3 Å². The van der Waals surface area contributed by atoms with Gasteiger partial charge in [-0.3, -0.25) is 0 Å². The van der Waals surface area contributed by atoms with Crippen molar-refractivity contribution in [2.24, 2.45) is 0 Å². The zero-order chi connectivity index (χ0) is 15.2. The molecule has 0 aromatic heterocycles. The molecule has 0 aliphatic carbocycles. The van der Waals surface area contributed by atoms with Gasteiger partial charge in [0.15, 0.2) is 0 Å². The highest BCUT2D eigenvalue weighted by molar-refractivity contribution is 5.68. The lowest BCUT2D eigenvalue weighted by molar-refractivity contribution is 0.0179. The van der Waals surface area contributed by atoms with Crippen molar-refractivity contribution in [2.75, 3.05) is 32.8 Å². The molecule has 1 rings (SSSR count). The number of nitrogens with zero attached hydrogens (tertiary/aromatic N) is 1. The highest BCUT2D eigenvalue weighted by Crippen LogP contribution is 2.15. The summed E-state index contributed by atoms with van der Waals surface area (Å²) < 4.78 is 33.7. The summed E-state index contributed by atoms with van der Waals surface area (Å²) in [6.45, 7) is 6.92. The number of amides is 1. The molecular formula is C13H24F2N2O3. The third-order valence-electron chi connectivity index (χ3n) is 2.76. The number of rotatable bonds is 6. The van der Waals surface area contributed by atoms with E-state index in [2.05, 4.69) is 5.32 Å². The maximum atomic E-state index is 11.8. The molecule has 1 N–H and O–H groups in total. The van der Waals surface area contributed by atoms with E-state index in [1.807, 2.05) is 20.8 Å². The minimum atomic E-state index is -2.43. The molecule has 0 aromatic carbocycles. The molecule has 1 saturated heterocycles. The molecule has 0 spiro atoms. The fourth-order valence-electron chi connectivity index (χ4n) is 1.93. The smallest absolute Gasteiger partial charge is 0.410 e. The summed E-state index contributed by atoms with van der Waals surface area (Å²) in [4.78, 5) is 13.5. The second-order valence-electron chi connectivity index (χ2n) is 5.83. The van der Waals surface area contributed by atoms with Crippen LogP contribution in [0.1, 0.15) is 27.2 Å². The minimum Gasteiger partial charge on any atom is -0.444 e. The Kier molecular flexibility index (Phi) is 6.61. The van der Waals surface area contributed by atoms with E-state index in [0.717, 1.165) is 6.42 Å². The van der Waals surface area contributed by atoms with E-state index < -0.39 is 18.6 Å². The molecule has 7 heteroatoms. The number of halogens is 2. The average Bonchev–Trinajstić information content (AvgIpc) is 2.74. The Hall–Kier alpha value is -0.950. The molecule has 1 atom stereocenters. The monoisotopic (exact) mass is 294 g/mol. The molecule has 1 aliphatic rings. The summed E-state index contributed by atoms with van der Waals surface area (Å²) in [5.41, 5.74) is -0.494. The van der Waals surface area contributed by atoms with E-state index in [1.165, 1.54) is 0 Å². The average molecular weight is 294 g/mol. The number of hydrogen-bond acceptors (Lipinski definition) is 4. The van der Waals surface area contributed by atoms with Crippen molar-refractivity contribution in [3.05, 3.63) is 0 Å². The maximum absolute atomic E-state index is 11.8. The summed E-state index contributed by atoms with van der Waals surface area (Å²) in [5, 5.41) is 3.18. The quantitative estimate of drug-likeness (QED) is 0.760. The summed E-state index contributed by atoms with van der Waals surface area (Å²) in [7, 11) is 0. The standard InChI is InChI=1S/C13H24F2N2O3/c1-13(2,3)20-12(18)17-6-4-10(8-17)16-5-7-19-9-11(14)15/h10-11,16H,4-9H2,1-3H3. The van der Waals surface area contributed by atoms with Crippen molar-refractivity contribution in [1.82, 2.24) is 10.2 Å². The van der Waals surface area contributed by atoms with Crippen LogP contribution in [0.5, 0.6) is 0 Å². The van der Waals surface area contributed by atoms with Gasteiger partial charge in [0.2, 0.25) is 0 Å². The Morgan fingerprint density at radius 1 is 1.45 bits per heavy atom. The lowest BCUT2D eigenvalue weighted by Crippen LogP contribution is -2.39. The van der Waals surface area contributed by atoms with Gasteiger partial charge >= 0.3 is 6.09 Å². The van der Waals surface area contributed by atoms with Gasteiger partial charge in [-0.05, 0) is 27.2 Å². The zero-order valence-electron chi connectivity index (χ0n) is 12.3. The highest BCUT2D eigenvalue weighted by atomic mass is 19.3. The van der Waals surface area contributed by atoms with E-state index in [-0.39, 0.29) is 18.7 Å². The molecular weight excluding hydrogens is 270 g/mol. The Morgan fingerprint density at radius 3 is 2.75 bits per heavy atom. The van der Waals surface area contributed by atoms with Crippen LogP contribution in [0.25, 0.3) is 0 Å². The third-order valence-corrected chi connectivity index (χ3v) is 2.76. The van der Waals surface area contributed by atoms with Crippen LogP contribution in [0.3, 0.4) is 0 Å². The molecule has 0 bridgehead atoms. The Balaban J connectivity index is 2.15. The zero-order valence-corrected chi connectivity index (χ0v) is 12.3. The van der Waals surface area contributed by atoms with Gasteiger partial charge in [-0.15, -0.1) is 0 Å². The molecule has 20 heavy (non-hydrogen) atoms. The third kappa shape index (κ3) is 7.00. The van der Waals surface area contributed by atoms with Crippen molar-refractivity contribution >= 4 is 6.09 Å². The first-order valence-electron chi connectivity index (χ1n) is 6.85. The number of nitrogens with one attached hydrogen (secondary N) is 1. The fourth-order valence-corrected chi connectivity index (χ4v) is 1.93. The van der Waals surface area contributed by atoms with Gasteiger partial charge in [-0.1, -0.05) is 0 Å². The number of alkyl halides is 2. The molecule has 0 aromatic rings. The molecule has 0 radical (unpaired) electrons. The molecule has 1 aliphatic heterocycles. The number of carbonyl (C=O) groups is 1. The van der Waals surface area contributed by atoms with Crippen molar-refractivity contribution in [3.63, 3.8) is 0 Å². The summed E-state index contributed by atoms with van der Waals surface area (Å²) in [6.07, 6.45) is -1.91. The van der Waals surface area contributed by atoms with Crippen LogP contribution in [0.2, 0.25) is 0 Å². The van der Waals surface area contributed by atoms with E-state index >= 15 is 0 Å². The molecule has 118 valence electrons. The van der Waals surface area contributed by atoms with E-state index in [9.17, 15) is 13.6 Å². The second-order valence-corrected chi connectivity index (χ2v) is 5.83. The van der Waals surface area contributed by atoms with E-state index in [0.29, 0.717) is 19.6 Å². The van der Waals surface area contributed by atoms with Gasteiger partial charge in [-0.2, -0.15) is 0 Å². The number of hydrogen-bond donors (Lipinski definition) is 1. The molecule has 1 heterocycles. The molecule has 5 nitrogen and oxygen atoms in total. The topological polar surface area (TPSA) is 50.8 Å². The molecule has 1 unspecified atom stereocenters. The van der Waals surface area contributed by atoms with Gasteiger partial charge in [0, 0.05) is 25.7 Å². The largest absolute Gasteiger partial charge is 0.444 e. The Labute approximate surface area is 118 Å². The molecule has 1 amide bonds.